The van der Waals surface area contributed by atoms with Crippen LogP contribution in [0.5, 0.6) is 0 Å². The Kier molecular flexibility index (Phi) is 66.1. The van der Waals surface area contributed by atoms with Crippen LogP contribution in [0.1, 0.15) is 297 Å². The molecule has 0 spiro atoms. The summed E-state index contributed by atoms with van der Waals surface area (Å²) in [5, 5.41) is 10.6. The molecular weight excluding hydrogens is 1260 g/mol. The van der Waals surface area contributed by atoms with E-state index in [0.29, 0.717) is 25.7 Å². The summed E-state index contributed by atoms with van der Waals surface area (Å²) in [7, 11) is -9.96. The number of hydrogen-bond acceptors (Lipinski definition) is 15. The maximum Gasteiger partial charge on any atom is 0.472 e. The number of phosphoric ester groups is 2. The number of allylic oxidation sites excluding steroid dienone is 18. The number of rotatable bonds is 69. The van der Waals surface area contributed by atoms with E-state index in [9.17, 15) is 43.2 Å². The lowest BCUT2D eigenvalue weighted by atomic mass is 10.1. The van der Waals surface area contributed by atoms with Gasteiger partial charge in [0.25, 0.3) is 0 Å². The molecule has 0 saturated heterocycles. The predicted octanol–water partition coefficient (Wildman–Crippen LogP) is 21.0. The molecule has 17 nitrogen and oxygen atoms in total. The van der Waals surface area contributed by atoms with E-state index in [0.717, 1.165) is 167 Å². The van der Waals surface area contributed by atoms with E-state index in [4.69, 9.17) is 37.0 Å². The number of aliphatic hydroxyl groups is 1. The summed E-state index contributed by atoms with van der Waals surface area (Å²) in [5.41, 5.74) is 0. The zero-order valence-corrected chi connectivity index (χ0v) is 61.8. The Morgan fingerprint density at radius 1 is 0.302 bits per heavy atom. The highest BCUT2D eigenvalue weighted by molar-refractivity contribution is 7.47. The fraction of sp³-hybridized carbons (Fsp3) is 0.714. The minimum atomic E-state index is -4.99. The fourth-order valence-electron chi connectivity index (χ4n) is 9.55. The first-order chi connectivity index (χ1) is 46.7. The van der Waals surface area contributed by atoms with Crippen molar-refractivity contribution in [1.29, 1.82) is 0 Å². The Morgan fingerprint density at radius 3 is 0.896 bits per heavy atom. The van der Waals surface area contributed by atoms with Gasteiger partial charge in [-0.15, -0.1) is 0 Å². The summed E-state index contributed by atoms with van der Waals surface area (Å²) in [5.74, 6) is -2.26. The van der Waals surface area contributed by atoms with E-state index in [2.05, 4.69) is 137 Å². The van der Waals surface area contributed by atoms with Gasteiger partial charge in [0, 0.05) is 25.7 Å². The van der Waals surface area contributed by atoms with Gasteiger partial charge in [0.1, 0.15) is 19.3 Å². The molecule has 19 heteroatoms. The van der Waals surface area contributed by atoms with Crippen molar-refractivity contribution in [3.8, 4) is 0 Å². The van der Waals surface area contributed by atoms with Gasteiger partial charge < -0.3 is 33.8 Å². The van der Waals surface area contributed by atoms with Crippen LogP contribution in [-0.2, 0) is 65.4 Å². The first kappa shape index (κ1) is 91.7. The molecule has 0 aromatic rings. The molecule has 0 bridgehead atoms. The molecule has 96 heavy (non-hydrogen) atoms. The second-order valence-corrected chi connectivity index (χ2v) is 27.4. The third kappa shape index (κ3) is 68.3. The van der Waals surface area contributed by atoms with Gasteiger partial charge in [0.05, 0.1) is 26.4 Å². The van der Waals surface area contributed by atoms with E-state index in [1.807, 2.05) is 0 Å². The first-order valence-corrected chi connectivity index (χ1v) is 40.1. The summed E-state index contributed by atoms with van der Waals surface area (Å²) >= 11 is 0. The second-order valence-electron chi connectivity index (χ2n) is 24.5. The van der Waals surface area contributed by atoms with E-state index >= 15 is 0 Å². The SMILES string of the molecule is CC/C=C\C/C=C\C/C=C\C/C=C\CCCCC(=O)OCC(COP(=O)(O)OCC(O)COP(=O)(O)OCC(COC(=O)CCCCCCC/C=C\CCCCCCCC)OC(=O)CCCCCCC/C=C\CCCC)OC(=O)CCCCCCC/C=C\C/C=C\C/C=C\CC. The Bertz CT molecular complexity index is 2250. The van der Waals surface area contributed by atoms with E-state index in [-0.39, 0.29) is 25.7 Å². The number of hydrogen-bond donors (Lipinski definition) is 3. The van der Waals surface area contributed by atoms with Crippen molar-refractivity contribution in [3.05, 3.63) is 109 Å². The maximum absolute atomic E-state index is 13.1. The average Bonchev–Trinajstić information content (AvgIpc) is 1.09. The van der Waals surface area contributed by atoms with Gasteiger partial charge in [-0.3, -0.25) is 37.3 Å². The molecule has 0 aliphatic rings. The number of carbonyl (C=O) groups is 4. The summed E-state index contributed by atoms with van der Waals surface area (Å²) in [4.78, 5) is 72.7. The molecule has 0 aromatic carbocycles. The van der Waals surface area contributed by atoms with Gasteiger partial charge in [0.2, 0.25) is 0 Å². The minimum Gasteiger partial charge on any atom is -0.462 e. The normalized spacial score (nSPS) is 14.6. The van der Waals surface area contributed by atoms with Crippen LogP contribution < -0.4 is 0 Å². The third-order valence-corrected chi connectivity index (χ3v) is 17.1. The van der Waals surface area contributed by atoms with Crippen LogP contribution in [0.2, 0.25) is 0 Å². The topological polar surface area (TPSA) is 237 Å². The molecular formula is C77H132O17P2. The monoisotopic (exact) mass is 1390 g/mol. The lowest BCUT2D eigenvalue weighted by molar-refractivity contribution is -0.161. The molecule has 0 radical (unpaired) electrons. The van der Waals surface area contributed by atoms with Crippen molar-refractivity contribution < 1.29 is 80.2 Å². The highest BCUT2D eigenvalue weighted by Gasteiger charge is 2.30. The number of unbranched alkanes of at least 4 members (excludes halogenated alkanes) is 25. The van der Waals surface area contributed by atoms with Crippen LogP contribution >= 0.6 is 15.6 Å². The number of carbonyl (C=O) groups excluding carboxylic acids is 4. The quantitative estimate of drug-likeness (QED) is 0.0169. The molecule has 552 valence electrons. The maximum atomic E-state index is 13.1. The number of esters is 4. The minimum absolute atomic E-state index is 0.0644. The Hall–Kier alpha value is -4.28. The average molecular weight is 1390 g/mol. The molecule has 5 atom stereocenters. The van der Waals surface area contributed by atoms with Crippen molar-refractivity contribution in [2.75, 3.05) is 39.6 Å². The van der Waals surface area contributed by atoms with E-state index in [1.165, 1.54) is 51.4 Å². The van der Waals surface area contributed by atoms with Crippen LogP contribution in [0.4, 0.5) is 0 Å². The smallest absolute Gasteiger partial charge is 0.462 e. The highest BCUT2D eigenvalue weighted by Crippen LogP contribution is 2.45. The molecule has 0 aliphatic heterocycles. The molecule has 5 unspecified atom stereocenters. The molecule has 0 heterocycles. The van der Waals surface area contributed by atoms with Crippen LogP contribution in [0.25, 0.3) is 0 Å². The number of ether oxygens (including phenoxy) is 4. The van der Waals surface area contributed by atoms with E-state index in [1.54, 1.807) is 0 Å². The lowest BCUT2D eigenvalue weighted by Crippen LogP contribution is -2.30. The number of aliphatic hydroxyl groups excluding tert-OH is 1. The zero-order chi connectivity index (χ0) is 70.4. The van der Waals surface area contributed by atoms with Gasteiger partial charge in [-0.05, 0) is 141 Å². The Balaban J connectivity index is 5.38. The van der Waals surface area contributed by atoms with Crippen molar-refractivity contribution in [2.45, 2.75) is 316 Å². The standard InChI is InChI=1S/C77H132O17P2/c1-5-9-13-17-21-25-29-32-35-38-42-45-49-53-57-61-74(79)87-67-72(93-76(81)63-59-55-51-47-41-28-24-20-16-12-8-4)69-91-95(83,84)89-65-71(78)66-90-96(85,86)92-70-73(94-77(82)64-60-56-52-48-44-40-37-34-31-27-23-19-15-11-7-3)68-88-75(80)62-58-54-50-46-43-39-36-33-30-26-22-18-14-10-6-2/h10-11,14-15,20,22-24,26-27,32-37,43,46,71-73,78H,5-9,12-13,16-19,21,25,28-31,38-42,44-45,47-70H2,1-4H3,(H,83,84)(H,85,86)/b14-10-,15-11-,24-20-,26-22-,27-23-,35-32-,36-33-,37-34-,46-43-. The van der Waals surface area contributed by atoms with Gasteiger partial charge in [-0.1, -0.05) is 240 Å². The molecule has 0 aromatic heterocycles. The summed E-state index contributed by atoms with van der Waals surface area (Å²) in [6, 6.07) is 0. The summed E-state index contributed by atoms with van der Waals surface area (Å²) in [6.45, 7) is 4.51. The zero-order valence-electron chi connectivity index (χ0n) is 60.0. The summed E-state index contributed by atoms with van der Waals surface area (Å²) < 4.78 is 68.3. The Morgan fingerprint density at radius 2 is 0.552 bits per heavy atom. The van der Waals surface area contributed by atoms with Crippen LogP contribution in [0, 0.1) is 0 Å². The second kappa shape index (κ2) is 69.2. The molecule has 0 aliphatic carbocycles. The van der Waals surface area contributed by atoms with Gasteiger partial charge >= 0.3 is 39.5 Å². The van der Waals surface area contributed by atoms with Crippen LogP contribution in [-0.4, -0.2) is 96.7 Å². The lowest BCUT2D eigenvalue weighted by Gasteiger charge is -2.21. The van der Waals surface area contributed by atoms with Crippen molar-refractivity contribution in [1.82, 2.24) is 0 Å². The van der Waals surface area contributed by atoms with Gasteiger partial charge in [-0.2, -0.15) is 0 Å². The highest BCUT2D eigenvalue weighted by atomic mass is 31.2. The predicted molar refractivity (Wildman–Crippen MR) is 390 cm³/mol. The molecule has 0 saturated carbocycles. The molecule has 0 amide bonds. The largest absolute Gasteiger partial charge is 0.472 e. The van der Waals surface area contributed by atoms with Gasteiger partial charge in [-0.25, -0.2) is 9.13 Å². The van der Waals surface area contributed by atoms with Crippen molar-refractivity contribution in [2.24, 2.45) is 0 Å². The molecule has 3 N–H and O–H groups in total. The fourth-order valence-corrected chi connectivity index (χ4v) is 11.1. The summed E-state index contributed by atoms with van der Waals surface area (Å²) in [6.07, 6.45) is 72.4. The van der Waals surface area contributed by atoms with Gasteiger partial charge in [0.15, 0.2) is 12.2 Å². The Labute approximate surface area is 581 Å². The van der Waals surface area contributed by atoms with Crippen molar-refractivity contribution >= 4 is 39.5 Å². The van der Waals surface area contributed by atoms with Crippen LogP contribution in [0.15, 0.2) is 109 Å². The molecule has 0 fully saturated rings. The number of phosphoric acid groups is 2. The van der Waals surface area contributed by atoms with Crippen molar-refractivity contribution in [3.63, 3.8) is 0 Å². The third-order valence-electron chi connectivity index (χ3n) is 15.2. The first-order valence-electron chi connectivity index (χ1n) is 37.1. The van der Waals surface area contributed by atoms with Crippen LogP contribution in [0.3, 0.4) is 0 Å². The van der Waals surface area contributed by atoms with E-state index < -0.39 is 97.5 Å². The molecule has 0 rings (SSSR count).